The molecule has 0 aromatic heterocycles. The number of ether oxygens (including phenoxy) is 1. The number of nitrogens with zero attached hydrogens (tertiary/aromatic N) is 1. The molecule has 0 spiro atoms. The molecule has 20 heavy (non-hydrogen) atoms. The SMILES string of the molecule is O=C(COc1ccc(CO)cc1F)N1CCCCCC1. The van der Waals surface area contributed by atoms with Gasteiger partial charge in [-0.15, -0.1) is 0 Å². The summed E-state index contributed by atoms with van der Waals surface area (Å²) in [6.07, 6.45) is 4.35. The number of amides is 1. The Labute approximate surface area is 118 Å². The van der Waals surface area contributed by atoms with E-state index < -0.39 is 5.82 Å². The molecule has 1 N–H and O–H groups in total. The summed E-state index contributed by atoms with van der Waals surface area (Å²) in [5.41, 5.74) is 0.480. The molecule has 0 atom stereocenters. The average Bonchev–Trinajstić information content (AvgIpc) is 2.74. The summed E-state index contributed by atoms with van der Waals surface area (Å²) in [4.78, 5) is 13.8. The quantitative estimate of drug-likeness (QED) is 0.919. The lowest BCUT2D eigenvalue weighted by Gasteiger charge is -2.20. The zero-order valence-electron chi connectivity index (χ0n) is 11.5. The van der Waals surface area contributed by atoms with E-state index in [4.69, 9.17) is 9.84 Å². The molecule has 0 bridgehead atoms. The predicted octanol–water partition coefficient (Wildman–Crippen LogP) is 2.10. The smallest absolute Gasteiger partial charge is 0.260 e. The van der Waals surface area contributed by atoms with Crippen LogP contribution in [0.25, 0.3) is 0 Å². The fourth-order valence-electron chi connectivity index (χ4n) is 2.31. The molecule has 0 saturated carbocycles. The standard InChI is InChI=1S/C15H20FNO3/c16-13-9-12(10-18)5-6-14(13)20-11-15(19)17-7-3-1-2-4-8-17/h5-6,9,18H,1-4,7-8,10-11H2. The first-order valence-corrected chi connectivity index (χ1v) is 7.00. The highest BCUT2D eigenvalue weighted by Crippen LogP contribution is 2.18. The summed E-state index contributed by atoms with van der Waals surface area (Å²) in [7, 11) is 0. The van der Waals surface area contributed by atoms with Crippen LogP contribution in [0.2, 0.25) is 0 Å². The van der Waals surface area contributed by atoms with Crippen LogP contribution in [0.5, 0.6) is 5.75 Å². The highest BCUT2D eigenvalue weighted by molar-refractivity contribution is 5.77. The van der Waals surface area contributed by atoms with Crippen LogP contribution in [0, 0.1) is 5.82 Å². The minimum absolute atomic E-state index is 0.0466. The molecule has 5 heteroatoms. The maximum absolute atomic E-state index is 13.6. The summed E-state index contributed by atoms with van der Waals surface area (Å²) in [5, 5.41) is 8.90. The monoisotopic (exact) mass is 281 g/mol. The lowest BCUT2D eigenvalue weighted by Crippen LogP contribution is -2.35. The Hall–Kier alpha value is -1.62. The Morgan fingerprint density at radius 2 is 1.95 bits per heavy atom. The van der Waals surface area contributed by atoms with E-state index in [1.54, 1.807) is 11.0 Å². The Morgan fingerprint density at radius 1 is 1.25 bits per heavy atom. The van der Waals surface area contributed by atoms with Gasteiger partial charge in [0.2, 0.25) is 0 Å². The second-order valence-corrected chi connectivity index (χ2v) is 5.01. The van der Waals surface area contributed by atoms with Crippen LogP contribution in [0.15, 0.2) is 18.2 Å². The predicted molar refractivity (Wildman–Crippen MR) is 72.9 cm³/mol. The fourth-order valence-corrected chi connectivity index (χ4v) is 2.31. The van der Waals surface area contributed by atoms with Gasteiger partial charge in [-0.3, -0.25) is 4.79 Å². The van der Waals surface area contributed by atoms with Gasteiger partial charge in [0.05, 0.1) is 6.61 Å². The number of aliphatic hydroxyl groups excluding tert-OH is 1. The first kappa shape index (κ1) is 14.8. The summed E-state index contributed by atoms with van der Waals surface area (Å²) in [6.45, 7) is 1.15. The number of halogens is 1. The lowest BCUT2D eigenvalue weighted by molar-refractivity contribution is -0.133. The van der Waals surface area contributed by atoms with Crippen molar-refractivity contribution < 1.29 is 19.0 Å². The Morgan fingerprint density at radius 3 is 2.55 bits per heavy atom. The third kappa shape index (κ3) is 3.93. The molecule has 1 saturated heterocycles. The first-order chi connectivity index (χ1) is 9.70. The van der Waals surface area contributed by atoms with Crippen LogP contribution in [-0.2, 0) is 11.4 Å². The summed E-state index contributed by atoms with van der Waals surface area (Å²) < 4.78 is 18.9. The van der Waals surface area contributed by atoms with E-state index in [0.717, 1.165) is 38.8 Å². The van der Waals surface area contributed by atoms with E-state index in [9.17, 15) is 9.18 Å². The second kappa shape index (κ2) is 7.24. The number of hydrogen-bond acceptors (Lipinski definition) is 3. The van der Waals surface area contributed by atoms with Gasteiger partial charge in [0.25, 0.3) is 5.91 Å². The van der Waals surface area contributed by atoms with Gasteiger partial charge in [0.1, 0.15) is 0 Å². The number of likely N-dealkylation sites (tertiary alicyclic amines) is 1. The van der Waals surface area contributed by atoms with E-state index >= 15 is 0 Å². The normalized spacial score (nSPS) is 15.8. The largest absolute Gasteiger partial charge is 0.481 e. The maximum atomic E-state index is 13.6. The van der Waals surface area contributed by atoms with Gasteiger partial charge in [-0.1, -0.05) is 18.9 Å². The molecule has 1 amide bonds. The van der Waals surface area contributed by atoms with Crippen LogP contribution in [-0.4, -0.2) is 35.6 Å². The van der Waals surface area contributed by atoms with Gasteiger partial charge in [-0.05, 0) is 30.5 Å². The lowest BCUT2D eigenvalue weighted by atomic mass is 10.2. The topological polar surface area (TPSA) is 49.8 Å². The van der Waals surface area contributed by atoms with Crippen molar-refractivity contribution in [3.8, 4) is 5.75 Å². The summed E-state index contributed by atoms with van der Waals surface area (Å²) >= 11 is 0. The zero-order chi connectivity index (χ0) is 14.4. The highest BCUT2D eigenvalue weighted by Gasteiger charge is 2.16. The number of carbonyl (C=O) groups is 1. The minimum atomic E-state index is -0.555. The third-order valence-electron chi connectivity index (χ3n) is 3.49. The van der Waals surface area contributed by atoms with Crippen LogP contribution < -0.4 is 4.74 Å². The van der Waals surface area contributed by atoms with Gasteiger partial charge < -0.3 is 14.7 Å². The molecule has 0 aliphatic carbocycles. The molecule has 110 valence electrons. The number of hydrogen-bond donors (Lipinski definition) is 1. The summed E-state index contributed by atoms with van der Waals surface area (Å²) in [5.74, 6) is -0.608. The van der Waals surface area contributed by atoms with E-state index in [2.05, 4.69) is 0 Å². The number of rotatable bonds is 4. The van der Waals surface area contributed by atoms with Crippen LogP contribution in [0.1, 0.15) is 31.2 Å². The number of aliphatic hydroxyl groups is 1. The van der Waals surface area contributed by atoms with Gasteiger partial charge in [-0.2, -0.15) is 0 Å². The van der Waals surface area contributed by atoms with Crippen molar-refractivity contribution in [3.63, 3.8) is 0 Å². The van der Waals surface area contributed by atoms with Crippen LogP contribution in [0.4, 0.5) is 4.39 Å². The van der Waals surface area contributed by atoms with Crippen molar-refractivity contribution in [2.45, 2.75) is 32.3 Å². The van der Waals surface area contributed by atoms with Crippen molar-refractivity contribution in [1.82, 2.24) is 4.90 Å². The van der Waals surface area contributed by atoms with E-state index in [0.29, 0.717) is 5.56 Å². The van der Waals surface area contributed by atoms with Gasteiger partial charge in [0.15, 0.2) is 18.2 Å². The van der Waals surface area contributed by atoms with Gasteiger partial charge in [0, 0.05) is 13.1 Å². The Kier molecular flexibility index (Phi) is 5.35. The average molecular weight is 281 g/mol. The molecular weight excluding hydrogens is 261 g/mol. The second-order valence-electron chi connectivity index (χ2n) is 5.01. The molecular formula is C15H20FNO3. The molecule has 2 rings (SSSR count). The fraction of sp³-hybridized carbons (Fsp3) is 0.533. The van der Waals surface area contributed by atoms with Crippen molar-refractivity contribution in [3.05, 3.63) is 29.6 Å². The van der Waals surface area contributed by atoms with E-state index in [-0.39, 0.29) is 24.9 Å². The molecule has 1 aromatic carbocycles. The van der Waals surface area contributed by atoms with Crippen LogP contribution in [0.3, 0.4) is 0 Å². The van der Waals surface area contributed by atoms with Crippen LogP contribution >= 0.6 is 0 Å². The molecule has 1 aliphatic heterocycles. The summed E-state index contributed by atoms with van der Waals surface area (Å²) in [6, 6.07) is 4.23. The molecule has 1 aromatic rings. The van der Waals surface area contributed by atoms with Crippen molar-refractivity contribution >= 4 is 5.91 Å². The maximum Gasteiger partial charge on any atom is 0.260 e. The van der Waals surface area contributed by atoms with Crippen molar-refractivity contribution in [2.75, 3.05) is 19.7 Å². The van der Waals surface area contributed by atoms with Crippen molar-refractivity contribution in [2.24, 2.45) is 0 Å². The van der Waals surface area contributed by atoms with E-state index in [1.807, 2.05) is 0 Å². The highest BCUT2D eigenvalue weighted by atomic mass is 19.1. The minimum Gasteiger partial charge on any atom is -0.481 e. The Balaban J connectivity index is 1.89. The molecule has 0 unspecified atom stereocenters. The van der Waals surface area contributed by atoms with E-state index in [1.165, 1.54) is 12.1 Å². The molecule has 0 radical (unpaired) electrons. The molecule has 1 heterocycles. The zero-order valence-corrected chi connectivity index (χ0v) is 11.5. The Bertz CT molecular complexity index is 456. The molecule has 1 aliphatic rings. The molecule has 1 fully saturated rings. The van der Waals surface area contributed by atoms with Gasteiger partial charge >= 0.3 is 0 Å². The van der Waals surface area contributed by atoms with Gasteiger partial charge in [-0.25, -0.2) is 4.39 Å². The number of benzene rings is 1. The third-order valence-corrected chi connectivity index (χ3v) is 3.49. The molecule has 4 nitrogen and oxygen atoms in total. The first-order valence-electron chi connectivity index (χ1n) is 7.00. The number of carbonyl (C=O) groups excluding carboxylic acids is 1. The van der Waals surface area contributed by atoms with Crippen molar-refractivity contribution in [1.29, 1.82) is 0 Å².